The van der Waals surface area contributed by atoms with Gasteiger partial charge in [0.1, 0.15) is 12.7 Å². The van der Waals surface area contributed by atoms with E-state index in [-0.39, 0.29) is 5.41 Å². The topological polar surface area (TPSA) is 21.2 Å². The molecule has 4 heterocycles. The third-order valence-electron chi connectivity index (χ3n) is 6.82. The van der Waals surface area contributed by atoms with Gasteiger partial charge in [-0.3, -0.25) is 4.40 Å². The maximum absolute atomic E-state index is 4.87. The monoisotopic (exact) mass is 406 g/mol. The molecule has 0 atom stereocenters. The third kappa shape index (κ3) is 2.46. The summed E-state index contributed by atoms with van der Waals surface area (Å²) in [5.74, 6) is 0. The normalized spacial score (nSPS) is 13.0. The lowest BCUT2D eigenvalue weighted by atomic mass is 9.87. The molecule has 0 bridgehead atoms. The summed E-state index contributed by atoms with van der Waals surface area (Å²) in [6.07, 6.45) is 5.18. The van der Waals surface area contributed by atoms with Crippen LogP contribution >= 0.6 is 0 Å². The molecule has 0 spiro atoms. The molecular formula is C28H28N3+. The van der Waals surface area contributed by atoms with E-state index in [1.165, 1.54) is 60.2 Å². The van der Waals surface area contributed by atoms with E-state index in [4.69, 9.17) is 4.98 Å². The Labute approximate surface area is 182 Å². The second-order valence-corrected chi connectivity index (χ2v) is 10.4. The van der Waals surface area contributed by atoms with E-state index in [1.807, 2.05) is 6.20 Å². The van der Waals surface area contributed by atoms with Crippen molar-refractivity contribution in [3.8, 4) is 0 Å². The van der Waals surface area contributed by atoms with Crippen LogP contribution in [0.5, 0.6) is 0 Å². The molecule has 0 aliphatic heterocycles. The maximum atomic E-state index is 4.87. The number of benzene rings is 2. The van der Waals surface area contributed by atoms with E-state index in [0.717, 1.165) is 12.1 Å². The van der Waals surface area contributed by atoms with Gasteiger partial charge < -0.3 is 0 Å². The van der Waals surface area contributed by atoms with Crippen LogP contribution in [0, 0.1) is 19.3 Å². The van der Waals surface area contributed by atoms with Gasteiger partial charge >= 0.3 is 0 Å². The van der Waals surface area contributed by atoms with Crippen molar-refractivity contribution in [1.82, 2.24) is 9.38 Å². The molecule has 0 N–H and O–H groups in total. The minimum absolute atomic E-state index is 0.231. The zero-order valence-corrected chi connectivity index (χ0v) is 19.2. The van der Waals surface area contributed by atoms with Crippen molar-refractivity contribution in [2.24, 2.45) is 12.5 Å². The molecule has 0 saturated carbocycles. The van der Waals surface area contributed by atoms with Crippen molar-refractivity contribution >= 4 is 49.1 Å². The zero-order chi connectivity index (χ0) is 21.7. The van der Waals surface area contributed by atoms with Gasteiger partial charge in [-0.1, -0.05) is 26.8 Å². The van der Waals surface area contributed by atoms with Gasteiger partial charge in [0.15, 0.2) is 6.20 Å². The van der Waals surface area contributed by atoms with E-state index >= 15 is 0 Å². The quantitative estimate of drug-likeness (QED) is 0.175. The van der Waals surface area contributed by atoms with Crippen molar-refractivity contribution in [3.63, 3.8) is 0 Å². The lowest BCUT2D eigenvalue weighted by molar-refractivity contribution is -0.643. The van der Waals surface area contributed by atoms with Crippen LogP contribution in [0.4, 0.5) is 0 Å². The number of hydrogen-bond acceptors (Lipinski definition) is 1. The maximum Gasteiger partial charge on any atom is 0.224 e. The van der Waals surface area contributed by atoms with Crippen LogP contribution < -0.4 is 4.57 Å². The van der Waals surface area contributed by atoms with Crippen LogP contribution in [-0.2, 0) is 13.5 Å². The Morgan fingerprint density at radius 3 is 2.58 bits per heavy atom. The van der Waals surface area contributed by atoms with Crippen LogP contribution in [0.3, 0.4) is 0 Å². The Morgan fingerprint density at radius 1 is 1.00 bits per heavy atom. The van der Waals surface area contributed by atoms with Gasteiger partial charge in [-0.15, -0.1) is 0 Å². The van der Waals surface area contributed by atoms with Crippen molar-refractivity contribution < 1.29 is 4.57 Å². The summed E-state index contributed by atoms with van der Waals surface area (Å²) in [5.41, 5.74) is 9.21. The molecule has 2 aromatic carbocycles. The first-order valence-corrected chi connectivity index (χ1v) is 11.1. The van der Waals surface area contributed by atoms with E-state index in [9.17, 15) is 0 Å². The molecule has 0 radical (unpaired) electrons. The molecule has 0 aliphatic carbocycles. The zero-order valence-electron chi connectivity index (χ0n) is 19.2. The van der Waals surface area contributed by atoms with Gasteiger partial charge in [-0.25, -0.2) is 9.55 Å². The van der Waals surface area contributed by atoms with Gasteiger partial charge in [0.05, 0.1) is 21.8 Å². The summed E-state index contributed by atoms with van der Waals surface area (Å²) in [4.78, 5) is 4.87. The van der Waals surface area contributed by atoms with E-state index in [2.05, 4.69) is 93.2 Å². The standard InChI is InChI=1S/C28H28N3/c1-16-12-21-20-8-7-10-29-27(20)31-22-14-18(15-28(3,4)5)13-19-9-11-30(6)26(24(19)22)23(17(16)2)25(21)31/h7-14H,15H2,1-6H3/q+1. The smallest absolute Gasteiger partial charge is 0.224 e. The molecule has 0 amide bonds. The third-order valence-corrected chi connectivity index (χ3v) is 6.82. The van der Waals surface area contributed by atoms with Crippen LogP contribution in [0.1, 0.15) is 37.5 Å². The summed E-state index contributed by atoms with van der Waals surface area (Å²) in [5, 5.41) is 6.50. The molecule has 0 fully saturated rings. The van der Waals surface area contributed by atoms with Crippen molar-refractivity contribution in [3.05, 3.63) is 65.5 Å². The molecule has 3 heteroatoms. The van der Waals surface area contributed by atoms with Crippen LogP contribution in [-0.4, -0.2) is 9.38 Å². The molecule has 0 saturated heterocycles. The van der Waals surface area contributed by atoms with Gasteiger partial charge in [0.2, 0.25) is 5.52 Å². The highest BCUT2D eigenvalue weighted by Gasteiger charge is 2.25. The Kier molecular flexibility index (Phi) is 3.56. The fraction of sp³-hybridized carbons (Fsp3) is 0.286. The lowest BCUT2D eigenvalue weighted by Crippen LogP contribution is -2.29. The lowest BCUT2D eigenvalue weighted by Gasteiger charge is -2.20. The summed E-state index contributed by atoms with van der Waals surface area (Å²) < 4.78 is 4.72. The highest BCUT2D eigenvalue weighted by atomic mass is 15.0. The van der Waals surface area contributed by atoms with Crippen LogP contribution in [0.15, 0.2) is 48.8 Å². The Balaban J connectivity index is 1.99. The highest BCUT2D eigenvalue weighted by Crippen LogP contribution is 2.41. The van der Waals surface area contributed by atoms with Crippen molar-refractivity contribution in [1.29, 1.82) is 0 Å². The molecule has 4 aromatic heterocycles. The molecular weight excluding hydrogens is 378 g/mol. The van der Waals surface area contributed by atoms with Crippen LogP contribution in [0.25, 0.3) is 49.1 Å². The predicted octanol–water partition coefficient (Wildman–Crippen LogP) is 6.41. The molecule has 0 unspecified atom stereocenters. The van der Waals surface area contributed by atoms with Crippen LogP contribution in [0.2, 0.25) is 0 Å². The number of rotatable bonds is 1. The molecule has 6 rings (SSSR count). The molecule has 3 nitrogen and oxygen atoms in total. The number of hydrogen-bond donors (Lipinski definition) is 0. The predicted molar refractivity (Wildman–Crippen MR) is 130 cm³/mol. The number of nitrogens with zero attached hydrogens (tertiary/aromatic N) is 3. The van der Waals surface area contributed by atoms with Crippen molar-refractivity contribution in [2.75, 3.05) is 0 Å². The van der Waals surface area contributed by atoms with Crippen molar-refractivity contribution in [2.45, 2.75) is 41.0 Å². The second kappa shape index (κ2) is 5.94. The Morgan fingerprint density at radius 2 is 1.81 bits per heavy atom. The summed E-state index contributed by atoms with van der Waals surface area (Å²) in [6, 6.07) is 13.7. The number of aromatic nitrogens is 3. The SMILES string of the molecule is Cc1cc2c3cccnc3n3c4cc(CC(C)(C)C)cc5cc[n+](C)c(c(c1C)c23)c54. The first-order valence-electron chi connectivity index (χ1n) is 11.1. The van der Waals surface area contributed by atoms with E-state index in [1.54, 1.807) is 0 Å². The Hall–Kier alpha value is -3.20. The van der Waals surface area contributed by atoms with Gasteiger partial charge in [0, 0.05) is 23.0 Å². The number of pyridine rings is 3. The average molecular weight is 407 g/mol. The average Bonchev–Trinajstić information content (AvgIpc) is 3.03. The molecule has 6 aromatic rings. The summed E-state index contributed by atoms with van der Waals surface area (Å²) in [6.45, 7) is 11.4. The highest BCUT2D eigenvalue weighted by molar-refractivity contribution is 6.25. The molecule has 154 valence electrons. The summed E-state index contributed by atoms with van der Waals surface area (Å²) in [7, 11) is 2.17. The number of fused-ring (bicyclic) bond motifs is 5. The molecule has 0 aliphatic rings. The fourth-order valence-corrected chi connectivity index (χ4v) is 5.49. The van der Waals surface area contributed by atoms with Gasteiger partial charge in [0.25, 0.3) is 0 Å². The second-order valence-electron chi connectivity index (χ2n) is 10.4. The summed E-state index contributed by atoms with van der Waals surface area (Å²) >= 11 is 0. The largest absolute Gasteiger partial charge is 0.292 e. The van der Waals surface area contributed by atoms with Gasteiger partial charge in [-0.2, -0.15) is 0 Å². The first-order chi connectivity index (χ1) is 14.7. The van der Waals surface area contributed by atoms with Gasteiger partial charge in [-0.05, 0) is 72.0 Å². The number of aryl methyl sites for hydroxylation is 3. The van der Waals surface area contributed by atoms with E-state index in [0.29, 0.717) is 0 Å². The minimum atomic E-state index is 0.231. The van der Waals surface area contributed by atoms with E-state index < -0.39 is 0 Å². The fourth-order valence-electron chi connectivity index (χ4n) is 5.49. The molecule has 31 heavy (non-hydrogen) atoms. The first kappa shape index (κ1) is 18.6. The Bertz CT molecular complexity index is 1660. The minimum Gasteiger partial charge on any atom is -0.292 e.